The topological polar surface area (TPSA) is 90.2 Å². The zero-order valence-electron chi connectivity index (χ0n) is 14.6. The van der Waals surface area contributed by atoms with Gasteiger partial charge in [-0.1, -0.05) is 18.2 Å². The van der Waals surface area contributed by atoms with Crippen molar-refractivity contribution < 1.29 is 14.3 Å². The van der Waals surface area contributed by atoms with Crippen LogP contribution < -0.4 is 4.90 Å². The van der Waals surface area contributed by atoms with Crippen molar-refractivity contribution in [2.75, 3.05) is 11.5 Å². The van der Waals surface area contributed by atoms with E-state index in [4.69, 9.17) is 4.74 Å². The van der Waals surface area contributed by atoms with Crippen LogP contribution in [0.25, 0.3) is 5.69 Å². The third-order valence-electron chi connectivity index (χ3n) is 4.52. The number of ether oxygens (including phenoxy) is 1. The number of rotatable bonds is 4. The zero-order valence-corrected chi connectivity index (χ0v) is 14.6. The van der Waals surface area contributed by atoms with Crippen LogP contribution in [0, 0.1) is 0 Å². The number of amides is 1. The summed E-state index contributed by atoms with van der Waals surface area (Å²) in [4.78, 5) is 26.5. The minimum atomic E-state index is -0.549. The lowest BCUT2D eigenvalue weighted by molar-refractivity contribution is -0.122. The third kappa shape index (κ3) is 3.29. The van der Waals surface area contributed by atoms with E-state index in [1.807, 2.05) is 31.2 Å². The Morgan fingerprint density at radius 2 is 1.93 bits per heavy atom. The maximum absolute atomic E-state index is 12.6. The van der Waals surface area contributed by atoms with Crippen molar-refractivity contribution in [2.45, 2.75) is 19.4 Å². The molecule has 2 heterocycles. The Morgan fingerprint density at radius 3 is 2.67 bits per heavy atom. The minimum Gasteiger partial charge on any atom is -0.452 e. The van der Waals surface area contributed by atoms with E-state index in [0.717, 1.165) is 23.4 Å². The number of benzene rings is 2. The normalized spacial score (nSPS) is 15.4. The zero-order chi connectivity index (χ0) is 18.8. The van der Waals surface area contributed by atoms with Gasteiger partial charge in [0.2, 0.25) is 0 Å². The summed E-state index contributed by atoms with van der Waals surface area (Å²) in [6, 6.07) is 14.4. The van der Waals surface area contributed by atoms with E-state index in [1.165, 1.54) is 11.0 Å². The monoisotopic (exact) mass is 363 g/mol. The average molecular weight is 363 g/mol. The van der Waals surface area contributed by atoms with Crippen molar-refractivity contribution in [3.8, 4) is 5.69 Å². The summed E-state index contributed by atoms with van der Waals surface area (Å²) in [5.41, 5.74) is 3.09. The fourth-order valence-electron chi connectivity index (χ4n) is 3.26. The predicted octanol–water partition coefficient (Wildman–Crippen LogP) is 1.80. The number of carbonyl (C=O) groups is 2. The molecule has 4 rings (SSSR count). The van der Waals surface area contributed by atoms with Crippen LogP contribution in [-0.2, 0) is 16.0 Å². The van der Waals surface area contributed by atoms with Crippen LogP contribution in [0.15, 0.2) is 54.9 Å². The first kappa shape index (κ1) is 16.9. The lowest BCUT2D eigenvalue weighted by atomic mass is 10.1. The van der Waals surface area contributed by atoms with Crippen molar-refractivity contribution >= 4 is 17.6 Å². The summed E-state index contributed by atoms with van der Waals surface area (Å²) in [5.74, 6) is -0.780. The molecule has 8 nitrogen and oxygen atoms in total. The highest BCUT2D eigenvalue weighted by Crippen LogP contribution is 2.31. The Bertz CT molecular complexity index is 969. The molecule has 0 saturated heterocycles. The van der Waals surface area contributed by atoms with Crippen LogP contribution in [0.5, 0.6) is 0 Å². The molecule has 136 valence electrons. The molecular weight excluding hydrogens is 346 g/mol. The number of hydrogen-bond donors (Lipinski definition) is 0. The van der Waals surface area contributed by atoms with Gasteiger partial charge in [-0.25, -0.2) is 9.48 Å². The maximum atomic E-state index is 12.6. The molecule has 2 aromatic carbocycles. The Labute approximate surface area is 155 Å². The number of para-hydroxylation sites is 1. The molecule has 1 aliphatic rings. The first-order valence-electron chi connectivity index (χ1n) is 8.54. The van der Waals surface area contributed by atoms with Gasteiger partial charge in [-0.05, 0) is 59.7 Å². The largest absolute Gasteiger partial charge is 0.452 e. The molecule has 8 heteroatoms. The third-order valence-corrected chi connectivity index (χ3v) is 4.52. The number of esters is 1. The first-order valence-corrected chi connectivity index (χ1v) is 8.54. The van der Waals surface area contributed by atoms with Gasteiger partial charge in [0.15, 0.2) is 6.61 Å². The summed E-state index contributed by atoms with van der Waals surface area (Å²) in [6.45, 7) is 1.68. The summed E-state index contributed by atoms with van der Waals surface area (Å²) in [6.07, 6.45) is 2.26. The number of tetrazole rings is 1. The van der Waals surface area contributed by atoms with Crippen molar-refractivity contribution in [1.29, 1.82) is 0 Å². The van der Waals surface area contributed by atoms with Crippen molar-refractivity contribution in [3.63, 3.8) is 0 Å². The van der Waals surface area contributed by atoms with Crippen molar-refractivity contribution in [1.82, 2.24) is 20.2 Å². The highest BCUT2D eigenvalue weighted by atomic mass is 16.5. The van der Waals surface area contributed by atoms with Gasteiger partial charge in [-0.15, -0.1) is 5.10 Å². The van der Waals surface area contributed by atoms with E-state index >= 15 is 0 Å². The molecule has 3 aromatic rings. The second kappa shape index (κ2) is 6.99. The smallest absolute Gasteiger partial charge is 0.338 e. The van der Waals surface area contributed by atoms with Gasteiger partial charge in [0.1, 0.15) is 6.33 Å². The predicted molar refractivity (Wildman–Crippen MR) is 96.5 cm³/mol. The summed E-state index contributed by atoms with van der Waals surface area (Å²) in [5, 5.41) is 10.9. The van der Waals surface area contributed by atoms with Crippen LogP contribution in [-0.4, -0.2) is 44.7 Å². The lowest BCUT2D eigenvalue weighted by Gasteiger charge is -2.22. The van der Waals surface area contributed by atoms with E-state index < -0.39 is 5.97 Å². The molecule has 1 aliphatic heterocycles. The van der Waals surface area contributed by atoms with E-state index in [-0.39, 0.29) is 18.6 Å². The number of hydrogen-bond acceptors (Lipinski definition) is 6. The molecule has 1 aromatic heterocycles. The molecule has 0 bridgehead atoms. The molecule has 0 N–H and O–H groups in total. The molecule has 1 amide bonds. The molecule has 0 aliphatic carbocycles. The number of nitrogens with zero attached hydrogens (tertiary/aromatic N) is 5. The molecule has 0 radical (unpaired) electrons. The summed E-state index contributed by atoms with van der Waals surface area (Å²) in [7, 11) is 0. The van der Waals surface area contributed by atoms with Gasteiger partial charge in [0.05, 0.1) is 11.3 Å². The quantitative estimate of drug-likeness (QED) is 0.657. The minimum absolute atomic E-state index is 0.0455. The van der Waals surface area contributed by atoms with Crippen LogP contribution in [0.4, 0.5) is 5.69 Å². The maximum Gasteiger partial charge on any atom is 0.338 e. The summed E-state index contributed by atoms with van der Waals surface area (Å²) >= 11 is 0. The Balaban J connectivity index is 1.40. The first-order chi connectivity index (χ1) is 13.1. The highest BCUT2D eigenvalue weighted by Gasteiger charge is 2.31. The van der Waals surface area contributed by atoms with E-state index in [9.17, 15) is 9.59 Å². The molecule has 0 saturated carbocycles. The molecule has 1 atom stereocenters. The van der Waals surface area contributed by atoms with Crippen LogP contribution in [0.3, 0.4) is 0 Å². The number of aromatic nitrogens is 4. The van der Waals surface area contributed by atoms with Gasteiger partial charge >= 0.3 is 5.97 Å². The van der Waals surface area contributed by atoms with Crippen molar-refractivity contribution in [3.05, 3.63) is 66.0 Å². The lowest BCUT2D eigenvalue weighted by Crippen LogP contribution is -2.38. The van der Waals surface area contributed by atoms with Gasteiger partial charge < -0.3 is 9.64 Å². The molecule has 0 spiro atoms. The second-order valence-corrected chi connectivity index (χ2v) is 6.32. The number of fused-ring (bicyclic) bond motifs is 1. The SMILES string of the molecule is C[C@@H]1Cc2ccccc2N1C(=O)COC(=O)c1ccc(-n2cnnn2)cc1. The van der Waals surface area contributed by atoms with Gasteiger partial charge in [-0.3, -0.25) is 4.79 Å². The second-order valence-electron chi connectivity index (χ2n) is 6.32. The molecule has 0 unspecified atom stereocenters. The Kier molecular flexibility index (Phi) is 4.37. The van der Waals surface area contributed by atoms with Gasteiger partial charge in [-0.2, -0.15) is 0 Å². The highest BCUT2D eigenvalue weighted by molar-refractivity contribution is 5.99. The molecular formula is C19H17N5O3. The van der Waals surface area contributed by atoms with Gasteiger partial charge in [0, 0.05) is 11.7 Å². The summed E-state index contributed by atoms with van der Waals surface area (Å²) < 4.78 is 6.70. The van der Waals surface area contributed by atoms with Crippen LogP contribution >= 0.6 is 0 Å². The molecule has 0 fully saturated rings. The Hall–Kier alpha value is -3.55. The van der Waals surface area contributed by atoms with E-state index in [2.05, 4.69) is 15.5 Å². The fraction of sp³-hybridized carbons (Fsp3) is 0.211. The Morgan fingerprint density at radius 1 is 1.15 bits per heavy atom. The van der Waals surface area contributed by atoms with Gasteiger partial charge in [0.25, 0.3) is 5.91 Å². The number of carbonyl (C=O) groups excluding carboxylic acids is 2. The molecule has 27 heavy (non-hydrogen) atoms. The average Bonchev–Trinajstić information content (AvgIpc) is 3.33. The van der Waals surface area contributed by atoms with Crippen molar-refractivity contribution in [2.24, 2.45) is 0 Å². The fourth-order valence-corrected chi connectivity index (χ4v) is 3.26. The van der Waals surface area contributed by atoms with Crippen LogP contribution in [0.1, 0.15) is 22.8 Å². The van der Waals surface area contributed by atoms with E-state index in [1.54, 1.807) is 29.2 Å². The standard InChI is InChI=1S/C19H17N5O3/c1-13-10-15-4-2-3-5-17(15)24(13)18(25)11-27-19(26)14-6-8-16(9-7-14)23-12-20-21-22-23/h2-9,12-13H,10-11H2,1H3/t13-/m1/s1. The van der Waals surface area contributed by atoms with Crippen LogP contribution in [0.2, 0.25) is 0 Å². The number of anilines is 1. The van der Waals surface area contributed by atoms with E-state index in [0.29, 0.717) is 5.56 Å².